The molecule has 0 saturated heterocycles. The molecule has 0 radical (unpaired) electrons. The van der Waals surface area contributed by atoms with E-state index < -0.39 is 7.15 Å². The third-order valence-corrected chi connectivity index (χ3v) is 3.79. The fourth-order valence-corrected chi connectivity index (χ4v) is 1.89. The summed E-state index contributed by atoms with van der Waals surface area (Å²) in [6.07, 6.45) is 2.03. The Balaban J connectivity index is 3.38. The van der Waals surface area contributed by atoms with E-state index in [0.29, 0.717) is 0 Å². The van der Waals surface area contributed by atoms with Crippen molar-refractivity contribution in [3.8, 4) is 0 Å². The molecule has 0 amide bonds. The van der Waals surface area contributed by atoms with Gasteiger partial charge in [-0.05, 0) is 6.26 Å². The standard InChI is InChI=1S/C3H11O2PS/c1-4-6(5-2)7-3/h6-7H,1-3H3. The van der Waals surface area contributed by atoms with Gasteiger partial charge in [0.15, 0.2) is 0 Å². The number of rotatable bonds is 2. The highest BCUT2D eigenvalue weighted by Gasteiger charge is 1.79. The largest absolute Gasteiger partial charge is 0.339 e. The van der Waals surface area contributed by atoms with Gasteiger partial charge < -0.3 is 9.05 Å². The Labute approximate surface area is 48.4 Å². The quantitative estimate of drug-likeness (QED) is 0.451. The van der Waals surface area contributed by atoms with Gasteiger partial charge in [0, 0.05) is 14.2 Å². The van der Waals surface area contributed by atoms with Crippen LogP contribution < -0.4 is 0 Å². The average Bonchev–Trinajstić information content (AvgIpc) is 1.72. The topological polar surface area (TPSA) is 18.5 Å². The first-order valence-corrected chi connectivity index (χ1v) is 5.40. The summed E-state index contributed by atoms with van der Waals surface area (Å²) in [6, 6.07) is 0. The fourth-order valence-electron chi connectivity index (χ4n) is 0.266. The third kappa shape index (κ3) is 3.30. The van der Waals surface area contributed by atoms with Gasteiger partial charge in [-0.3, -0.25) is 0 Å². The minimum absolute atomic E-state index is 0.890. The fraction of sp³-hybridized carbons (Fsp3) is 1.00. The highest BCUT2D eigenvalue weighted by Crippen LogP contribution is 2.21. The van der Waals surface area contributed by atoms with Crippen molar-refractivity contribution < 1.29 is 9.05 Å². The summed E-state index contributed by atoms with van der Waals surface area (Å²) in [7, 11) is 3.68. The van der Waals surface area contributed by atoms with E-state index in [9.17, 15) is 0 Å². The Morgan fingerprint density at radius 2 is 1.71 bits per heavy atom. The van der Waals surface area contributed by atoms with E-state index >= 15 is 0 Å². The Bertz CT molecular complexity index is 67.3. The molecule has 0 fully saturated rings. The van der Waals surface area contributed by atoms with Crippen LogP contribution >= 0.6 is 7.15 Å². The maximum absolute atomic E-state index is 4.92. The van der Waals surface area contributed by atoms with E-state index in [-0.39, 0.29) is 0 Å². The molecule has 0 aliphatic carbocycles. The van der Waals surface area contributed by atoms with Gasteiger partial charge in [-0.15, -0.1) is 0 Å². The highest BCUT2D eigenvalue weighted by atomic mass is 32.5. The minimum atomic E-state index is -0.890. The SMILES string of the molecule is CO[PH](OC)=[SH]C. The molecule has 0 heterocycles. The molecule has 0 aliphatic heterocycles. The summed E-state index contributed by atoms with van der Waals surface area (Å²) in [5.41, 5.74) is 0. The molecule has 0 aromatic carbocycles. The van der Waals surface area contributed by atoms with Crippen LogP contribution in [0.5, 0.6) is 0 Å². The Morgan fingerprint density at radius 1 is 1.29 bits per heavy atom. The first-order chi connectivity index (χ1) is 3.35. The molecule has 2 nitrogen and oxygen atoms in total. The van der Waals surface area contributed by atoms with Gasteiger partial charge in [0.2, 0.25) is 0 Å². The maximum atomic E-state index is 4.92. The predicted molar refractivity (Wildman–Crippen MR) is 37.0 cm³/mol. The smallest absolute Gasteiger partial charge is 0.132 e. The molecule has 7 heavy (non-hydrogen) atoms. The van der Waals surface area contributed by atoms with Crippen molar-refractivity contribution in [3.63, 3.8) is 0 Å². The second-order valence-electron chi connectivity index (χ2n) is 0.898. The number of thiol groups is 1. The van der Waals surface area contributed by atoms with Crippen molar-refractivity contribution >= 4 is 18.1 Å². The van der Waals surface area contributed by atoms with E-state index in [1.54, 1.807) is 14.2 Å². The van der Waals surface area contributed by atoms with Gasteiger partial charge in [-0.25, -0.2) is 0 Å². The van der Waals surface area contributed by atoms with Gasteiger partial charge in [0.25, 0.3) is 0 Å². The molecule has 0 spiro atoms. The summed E-state index contributed by atoms with van der Waals surface area (Å²) in [5.74, 6) is 0. The second kappa shape index (κ2) is 4.85. The van der Waals surface area contributed by atoms with Gasteiger partial charge in [0.05, 0.1) is 0 Å². The predicted octanol–water partition coefficient (Wildman–Crippen LogP) is 0.683. The summed E-state index contributed by atoms with van der Waals surface area (Å²) >= 11 is 0. The summed E-state index contributed by atoms with van der Waals surface area (Å²) < 4.78 is 9.83. The van der Waals surface area contributed by atoms with Crippen molar-refractivity contribution in [2.24, 2.45) is 0 Å². The van der Waals surface area contributed by atoms with Crippen LogP contribution in [-0.4, -0.2) is 20.5 Å². The number of hydrogen-bond acceptors (Lipinski definition) is 2. The lowest BCUT2D eigenvalue weighted by Gasteiger charge is -1.98. The molecule has 0 aromatic heterocycles. The average molecular weight is 142 g/mol. The highest BCUT2D eigenvalue weighted by molar-refractivity contribution is 8.11. The Morgan fingerprint density at radius 3 is 1.71 bits per heavy atom. The lowest BCUT2D eigenvalue weighted by molar-refractivity contribution is 0.359. The Kier molecular flexibility index (Phi) is 5.33. The number of hydrogen-bond donors (Lipinski definition) is 1. The monoisotopic (exact) mass is 142 g/mol. The van der Waals surface area contributed by atoms with Crippen molar-refractivity contribution in [2.75, 3.05) is 20.5 Å². The minimum Gasteiger partial charge on any atom is -0.339 e. The first-order valence-electron chi connectivity index (χ1n) is 1.90. The van der Waals surface area contributed by atoms with E-state index in [1.807, 2.05) is 6.26 Å². The molecule has 0 unspecified atom stereocenters. The summed E-state index contributed by atoms with van der Waals surface area (Å²) in [4.78, 5) is 0. The van der Waals surface area contributed by atoms with Crippen LogP contribution in [0.3, 0.4) is 0 Å². The van der Waals surface area contributed by atoms with Crippen molar-refractivity contribution in [1.82, 2.24) is 0 Å². The van der Waals surface area contributed by atoms with E-state index in [2.05, 4.69) is 0 Å². The van der Waals surface area contributed by atoms with E-state index in [1.165, 1.54) is 10.9 Å². The van der Waals surface area contributed by atoms with Gasteiger partial charge >= 0.3 is 0 Å². The first kappa shape index (κ1) is 7.70. The zero-order chi connectivity index (χ0) is 5.70. The van der Waals surface area contributed by atoms with Crippen LogP contribution in [0.1, 0.15) is 0 Å². The lowest BCUT2D eigenvalue weighted by Crippen LogP contribution is -1.70. The lowest BCUT2D eigenvalue weighted by atomic mass is 11.8. The maximum Gasteiger partial charge on any atom is 0.132 e. The molecule has 46 valence electrons. The van der Waals surface area contributed by atoms with Crippen LogP contribution in [-0.2, 0) is 20.0 Å². The Hall–Kier alpha value is 0.700. The van der Waals surface area contributed by atoms with Crippen molar-refractivity contribution in [2.45, 2.75) is 0 Å². The molecule has 0 rings (SSSR count). The van der Waals surface area contributed by atoms with Crippen LogP contribution in [0, 0.1) is 0 Å². The van der Waals surface area contributed by atoms with Gasteiger partial charge in [-0.2, -0.15) is 10.9 Å². The zero-order valence-corrected chi connectivity index (χ0v) is 6.66. The van der Waals surface area contributed by atoms with Crippen molar-refractivity contribution in [3.05, 3.63) is 0 Å². The molecule has 0 bridgehead atoms. The third-order valence-electron chi connectivity index (χ3n) is 0.532. The van der Waals surface area contributed by atoms with Gasteiger partial charge in [-0.1, -0.05) is 0 Å². The van der Waals surface area contributed by atoms with Crippen LogP contribution in [0.4, 0.5) is 0 Å². The molecule has 0 saturated carbocycles. The zero-order valence-electron chi connectivity index (χ0n) is 4.76. The van der Waals surface area contributed by atoms with E-state index in [4.69, 9.17) is 9.05 Å². The molecule has 0 atom stereocenters. The van der Waals surface area contributed by atoms with Crippen LogP contribution in [0.2, 0.25) is 0 Å². The summed E-state index contributed by atoms with van der Waals surface area (Å²) in [6.45, 7) is 0. The van der Waals surface area contributed by atoms with Crippen LogP contribution in [0.15, 0.2) is 0 Å². The van der Waals surface area contributed by atoms with E-state index in [0.717, 1.165) is 0 Å². The molecule has 0 N–H and O–H groups in total. The molecule has 0 aromatic rings. The molecule has 0 aliphatic rings. The van der Waals surface area contributed by atoms with Crippen molar-refractivity contribution in [1.29, 1.82) is 0 Å². The normalized spacial score (nSPS) is 10.3. The summed E-state index contributed by atoms with van der Waals surface area (Å²) in [5, 5.41) is 0. The molecular weight excluding hydrogens is 131 g/mol. The van der Waals surface area contributed by atoms with Crippen LogP contribution in [0.25, 0.3) is 0 Å². The van der Waals surface area contributed by atoms with Gasteiger partial charge in [0.1, 0.15) is 7.15 Å². The molecular formula is C3H11O2PS. The second-order valence-corrected chi connectivity index (χ2v) is 5.13. The molecule has 4 heteroatoms.